The molecule has 2 N–H and O–H groups in total. The Morgan fingerprint density at radius 1 is 1.25 bits per heavy atom. The van der Waals surface area contributed by atoms with Crippen LogP contribution >= 0.6 is 0 Å². The molecule has 0 amide bonds. The Kier molecular flexibility index (Phi) is 2.65. The maximum Gasteiger partial charge on any atom is 0.0454 e. The lowest BCUT2D eigenvalue weighted by molar-refractivity contribution is 0.0356. The van der Waals surface area contributed by atoms with Gasteiger partial charge in [-0.25, -0.2) is 0 Å². The predicted octanol–water partition coefficient (Wildman–Crippen LogP) is 1.57. The van der Waals surface area contributed by atoms with Gasteiger partial charge in [0, 0.05) is 24.5 Å². The molecule has 4 heterocycles. The predicted molar refractivity (Wildman–Crippen MR) is 63.9 cm³/mol. The first-order valence-electron chi connectivity index (χ1n) is 6.24. The summed E-state index contributed by atoms with van der Waals surface area (Å²) in [5.41, 5.74) is 7.62. The summed E-state index contributed by atoms with van der Waals surface area (Å²) in [4.78, 5) is 6.63. The highest BCUT2D eigenvalue weighted by Crippen LogP contribution is 2.36. The Labute approximate surface area is 96.7 Å². The van der Waals surface area contributed by atoms with E-state index in [1.807, 2.05) is 24.5 Å². The second kappa shape index (κ2) is 4.15. The van der Waals surface area contributed by atoms with E-state index in [2.05, 4.69) is 9.88 Å². The van der Waals surface area contributed by atoms with Crippen molar-refractivity contribution in [2.45, 2.75) is 31.3 Å². The van der Waals surface area contributed by atoms with Crippen LogP contribution in [0, 0.1) is 5.92 Å². The molecule has 2 atom stereocenters. The Bertz CT molecular complexity index is 343. The molecule has 3 saturated heterocycles. The largest absolute Gasteiger partial charge is 0.323 e. The van der Waals surface area contributed by atoms with Crippen LogP contribution in [0.5, 0.6) is 0 Å². The Morgan fingerprint density at radius 3 is 2.50 bits per heavy atom. The summed E-state index contributed by atoms with van der Waals surface area (Å²) in [6, 6.07) is 4.81. The van der Waals surface area contributed by atoms with E-state index in [1.165, 1.54) is 37.9 Å². The van der Waals surface area contributed by atoms with Crippen molar-refractivity contribution in [2.24, 2.45) is 11.7 Å². The average molecular weight is 217 g/mol. The van der Waals surface area contributed by atoms with Crippen molar-refractivity contribution in [1.29, 1.82) is 0 Å². The van der Waals surface area contributed by atoms with E-state index in [4.69, 9.17) is 5.73 Å². The molecule has 0 aliphatic carbocycles. The maximum atomic E-state index is 6.39. The van der Waals surface area contributed by atoms with Gasteiger partial charge in [0.2, 0.25) is 0 Å². The van der Waals surface area contributed by atoms with Crippen LogP contribution in [-0.4, -0.2) is 29.0 Å². The van der Waals surface area contributed by atoms with Crippen LogP contribution in [0.4, 0.5) is 0 Å². The third kappa shape index (κ3) is 1.74. The molecule has 0 aromatic carbocycles. The van der Waals surface area contributed by atoms with Gasteiger partial charge in [0.1, 0.15) is 0 Å². The van der Waals surface area contributed by atoms with Crippen molar-refractivity contribution >= 4 is 0 Å². The molecule has 4 rings (SSSR count). The summed E-state index contributed by atoms with van der Waals surface area (Å²) in [6.45, 7) is 2.49. The fourth-order valence-electron chi connectivity index (χ4n) is 3.19. The van der Waals surface area contributed by atoms with Crippen molar-refractivity contribution in [1.82, 2.24) is 9.88 Å². The van der Waals surface area contributed by atoms with Crippen molar-refractivity contribution < 1.29 is 0 Å². The number of piperidine rings is 3. The monoisotopic (exact) mass is 217 g/mol. The summed E-state index contributed by atoms with van der Waals surface area (Å²) in [5.74, 6) is 0.919. The highest BCUT2D eigenvalue weighted by atomic mass is 15.2. The van der Waals surface area contributed by atoms with Gasteiger partial charge in [-0.1, -0.05) is 0 Å². The second-order valence-electron chi connectivity index (χ2n) is 5.09. The molecule has 16 heavy (non-hydrogen) atoms. The fourth-order valence-corrected chi connectivity index (χ4v) is 3.19. The number of nitrogens with zero attached hydrogens (tertiary/aromatic N) is 2. The number of nitrogens with two attached hydrogens (primary N) is 1. The first-order valence-corrected chi connectivity index (χ1v) is 6.24. The molecule has 3 heteroatoms. The van der Waals surface area contributed by atoms with Crippen LogP contribution in [0.3, 0.4) is 0 Å². The van der Waals surface area contributed by atoms with Gasteiger partial charge in [-0.3, -0.25) is 9.88 Å². The van der Waals surface area contributed by atoms with Gasteiger partial charge in [0.05, 0.1) is 0 Å². The minimum atomic E-state index is 0.158. The lowest BCUT2D eigenvalue weighted by Crippen LogP contribution is -2.52. The fraction of sp³-hybridized carbons (Fsp3) is 0.615. The number of rotatable bonds is 2. The maximum absolute atomic E-state index is 6.39. The summed E-state index contributed by atoms with van der Waals surface area (Å²) in [7, 11) is 0. The normalized spacial score (nSPS) is 34.9. The number of aromatic nitrogens is 1. The van der Waals surface area contributed by atoms with Crippen LogP contribution < -0.4 is 5.73 Å². The molecule has 2 bridgehead atoms. The van der Waals surface area contributed by atoms with Gasteiger partial charge in [-0.15, -0.1) is 0 Å². The number of hydrogen-bond acceptors (Lipinski definition) is 3. The van der Waals surface area contributed by atoms with Gasteiger partial charge >= 0.3 is 0 Å². The van der Waals surface area contributed by atoms with E-state index >= 15 is 0 Å². The zero-order chi connectivity index (χ0) is 11.0. The van der Waals surface area contributed by atoms with Gasteiger partial charge in [0.15, 0.2) is 0 Å². The SMILES string of the molecule is N[C@@H](c1ccncc1)[C@@H]1CC2CCN1CC2. The zero-order valence-corrected chi connectivity index (χ0v) is 9.55. The van der Waals surface area contributed by atoms with E-state index < -0.39 is 0 Å². The van der Waals surface area contributed by atoms with Crippen molar-refractivity contribution in [3.8, 4) is 0 Å². The van der Waals surface area contributed by atoms with Gasteiger partial charge in [0.25, 0.3) is 0 Å². The van der Waals surface area contributed by atoms with Crippen molar-refractivity contribution in [3.05, 3.63) is 30.1 Å². The van der Waals surface area contributed by atoms with Gasteiger partial charge in [-0.2, -0.15) is 0 Å². The molecule has 3 nitrogen and oxygen atoms in total. The van der Waals surface area contributed by atoms with E-state index in [0.29, 0.717) is 6.04 Å². The Balaban J connectivity index is 1.78. The Morgan fingerprint density at radius 2 is 1.94 bits per heavy atom. The topological polar surface area (TPSA) is 42.1 Å². The van der Waals surface area contributed by atoms with E-state index in [9.17, 15) is 0 Å². The van der Waals surface area contributed by atoms with Gasteiger partial charge < -0.3 is 5.73 Å². The van der Waals surface area contributed by atoms with Crippen LogP contribution in [0.15, 0.2) is 24.5 Å². The molecular weight excluding hydrogens is 198 g/mol. The zero-order valence-electron chi connectivity index (χ0n) is 9.55. The molecule has 3 aliphatic rings. The molecule has 3 aliphatic heterocycles. The summed E-state index contributed by atoms with van der Waals surface area (Å²) in [6.07, 6.45) is 7.71. The molecule has 3 fully saturated rings. The van der Waals surface area contributed by atoms with E-state index in [-0.39, 0.29) is 6.04 Å². The third-order valence-electron chi connectivity index (χ3n) is 4.20. The number of hydrogen-bond donors (Lipinski definition) is 1. The molecule has 0 radical (unpaired) electrons. The highest BCUT2D eigenvalue weighted by molar-refractivity contribution is 5.17. The minimum Gasteiger partial charge on any atom is -0.323 e. The Hall–Kier alpha value is -0.930. The first-order chi connectivity index (χ1) is 7.84. The van der Waals surface area contributed by atoms with Crippen LogP contribution in [-0.2, 0) is 0 Å². The molecule has 1 aromatic heterocycles. The first kappa shape index (κ1) is 10.2. The highest BCUT2D eigenvalue weighted by Gasteiger charge is 2.36. The number of pyridine rings is 1. The molecular formula is C13H19N3. The minimum absolute atomic E-state index is 0.158. The smallest absolute Gasteiger partial charge is 0.0454 e. The van der Waals surface area contributed by atoms with Crippen LogP contribution in [0.1, 0.15) is 30.9 Å². The van der Waals surface area contributed by atoms with Crippen molar-refractivity contribution in [3.63, 3.8) is 0 Å². The molecule has 0 spiro atoms. The average Bonchev–Trinajstić information content (AvgIpc) is 2.40. The number of fused-ring (bicyclic) bond motifs is 3. The lowest BCUT2D eigenvalue weighted by Gasteiger charge is -2.47. The summed E-state index contributed by atoms with van der Waals surface area (Å²) >= 11 is 0. The van der Waals surface area contributed by atoms with E-state index in [0.717, 1.165) is 5.92 Å². The summed E-state index contributed by atoms with van der Waals surface area (Å²) < 4.78 is 0. The van der Waals surface area contributed by atoms with E-state index in [1.54, 1.807) is 0 Å². The second-order valence-corrected chi connectivity index (χ2v) is 5.09. The quantitative estimate of drug-likeness (QED) is 0.817. The van der Waals surface area contributed by atoms with Crippen molar-refractivity contribution in [2.75, 3.05) is 13.1 Å². The molecule has 0 saturated carbocycles. The van der Waals surface area contributed by atoms with Crippen LogP contribution in [0.2, 0.25) is 0 Å². The molecule has 0 unspecified atom stereocenters. The lowest BCUT2D eigenvalue weighted by atomic mass is 9.79. The summed E-state index contributed by atoms with van der Waals surface area (Å²) in [5, 5.41) is 0. The molecule has 86 valence electrons. The van der Waals surface area contributed by atoms with Crippen LogP contribution in [0.25, 0.3) is 0 Å². The standard InChI is InChI=1S/C13H19N3/c14-13(11-1-5-15-6-2-11)12-9-10-3-7-16(12)8-4-10/h1-2,5-6,10,12-13H,3-4,7-9,14H2/t12-,13-/m0/s1. The van der Waals surface area contributed by atoms with Gasteiger partial charge in [-0.05, 0) is 56.0 Å². The third-order valence-corrected chi connectivity index (χ3v) is 4.20. The molecule has 1 aromatic rings.